The molecule has 3 aromatic heterocycles. The van der Waals surface area contributed by atoms with Gasteiger partial charge >= 0.3 is 17.9 Å². The maximum absolute atomic E-state index is 12.5. The summed E-state index contributed by atoms with van der Waals surface area (Å²) in [5.41, 5.74) is 8.61. The Morgan fingerprint density at radius 2 is 0.667 bits per heavy atom. The molecule has 0 fully saturated rings. The van der Waals surface area contributed by atoms with Crippen molar-refractivity contribution in [1.29, 1.82) is 0 Å². The quantitative estimate of drug-likeness (QED) is 0.106. The van der Waals surface area contributed by atoms with Crippen molar-refractivity contribution in [3.05, 3.63) is 124 Å². The van der Waals surface area contributed by atoms with Gasteiger partial charge in [-0.15, -0.1) is 34.0 Å². The monoisotopic (exact) mass is 729 g/mol. The predicted octanol–water partition coefficient (Wildman–Crippen LogP) is 9.42. The number of nitrogens with zero attached hydrogens (tertiary/aromatic N) is 3. The van der Waals surface area contributed by atoms with Gasteiger partial charge < -0.3 is 14.2 Å². The zero-order chi connectivity index (χ0) is 35.5. The molecule has 7 aromatic rings. The number of rotatable bonds is 9. The Hall–Kier alpha value is -5.82. The maximum Gasteiger partial charge on any atom is 0.337 e. The van der Waals surface area contributed by atoms with E-state index in [9.17, 15) is 14.4 Å². The van der Waals surface area contributed by atoms with Crippen LogP contribution in [0.4, 0.5) is 0 Å². The Balaban J connectivity index is 1.70. The van der Waals surface area contributed by atoms with Crippen LogP contribution in [-0.4, -0.2) is 54.2 Å². The standard InChI is InChI=1S/C39H27N3O6S3/c1-46-37(43)25-10-4-22(5-11-25)28-31(34-40-16-19-49-34)29(23-6-12-26(13-7-23)38(44)47-2)33(36-42-18-21-51-36)30(32(28)35-41-17-20-50-35)24-8-14-27(15-9-24)39(45)48-3/h4-21H,1-3H3. The summed E-state index contributed by atoms with van der Waals surface area (Å²) in [5, 5.41) is 8.02. The SMILES string of the molecule is COC(=O)c1ccc(-c2c(-c3nccs3)c(-c3ccc(C(=O)OC)cc3)c(-c3nccs3)c(-c3ccc(C(=O)OC)cc3)c2-c2nccs2)cc1. The number of hydrogen-bond acceptors (Lipinski definition) is 12. The second-order valence-corrected chi connectivity index (χ2v) is 13.7. The smallest absolute Gasteiger partial charge is 0.337 e. The molecule has 0 atom stereocenters. The number of methoxy groups -OCH3 is 3. The Morgan fingerprint density at radius 1 is 0.412 bits per heavy atom. The molecule has 0 aliphatic carbocycles. The highest BCUT2D eigenvalue weighted by Crippen LogP contribution is 2.56. The Bertz CT molecular complexity index is 2050. The van der Waals surface area contributed by atoms with Crippen molar-refractivity contribution in [2.75, 3.05) is 21.3 Å². The minimum absolute atomic E-state index is 0.407. The first-order valence-electron chi connectivity index (χ1n) is 15.4. The summed E-state index contributed by atoms with van der Waals surface area (Å²) in [5.74, 6) is -1.34. The number of esters is 3. The van der Waals surface area contributed by atoms with Crippen LogP contribution in [0.5, 0.6) is 0 Å². The average molecular weight is 730 g/mol. The Kier molecular flexibility index (Phi) is 9.62. The molecular formula is C39H27N3O6S3. The van der Waals surface area contributed by atoms with E-state index in [4.69, 9.17) is 29.2 Å². The van der Waals surface area contributed by atoms with Gasteiger partial charge in [0.25, 0.3) is 0 Å². The summed E-state index contributed by atoms with van der Waals surface area (Å²) in [6.45, 7) is 0. The summed E-state index contributed by atoms with van der Waals surface area (Å²) < 4.78 is 15.0. The van der Waals surface area contributed by atoms with E-state index in [1.54, 1.807) is 55.0 Å². The molecule has 0 amide bonds. The van der Waals surface area contributed by atoms with E-state index in [0.29, 0.717) is 16.7 Å². The lowest BCUT2D eigenvalue weighted by Crippen LogP contribution is -2.04. The van der Waals surface area contributed by atoms with Crippen LogP contribution in [0.1, 0.15) is 31.1 Å². The summed E-state index contributed by atoms with van der Waals surface area (Å²) in [7, 11) is 4.05. The molecule has 0 unspecified atom stereocenters. The lowest BCUT2D eigenvalue weighted by atomic mass is 9.79. The first-order valence-corrected chi connectivity index (χ1v) is 18.1. The van der Waals surface area contributed by atoms with E-state index in [1.165, 1.54) is 55.3 Å². The van der Waals surface area contributed by atoms with Gasteiger partial charge in [0.1, 0.15) is 15.0 Å². The highest BCUT2D eigenvalue weighted by atomic mass is 32.1. The number of aromatic nitrogens is 3. The Morgan fingerprint density at radius 3 is 0.863 bits per heavy atom. The van der Waals surface area contributed by atoms with Gasteiger partial charge in [0.2, 0.25) is 0 Å². The molecule has 0 spiro atoms. The van der Waals surface area contributed by atoms with Gasteiger partial charge in [0.15, 0.2) is 0 Å². The molecule has 0 N–H and O–H groups in total. The zero-order valence-corrected chi connectivity index (χ0v) is 29.9. The predicted molar refractivity (Wildman–Crippen MR) is 200 cm³/mol. The molecule has 0 aliphatic rings. The average Bonchev–Trinajstić information content (AvgIpc) is 4.01. The third-order valence-corrected chi connectivity index (χ3v) is 10.6. The van der Waals surface area contributed by atoms with Gasteiger partial charge in [0.05, 0.1) is 38.0 Å². The van der Waals surface area contributed by atoms with Crippen molar-refractivity contribution in [3.8, 4) is 65.1 Å². The largest absolute Gasteiger partial charge is 0.465 e. The molecule has 3 heterocycles. The molecule has 4 aromatic carbocycles. The van der Waals surface area contributed by atoms with Gasteiger partial charge in [-0.05, 0) is 53.1 Å². The number of hydrogen-bond donors (Lipinski definition) is 0. The molecule has 0 bridgehead atoms. The second kappa shape index (κ2) is 14.6. The van der Waals surface area contributed by atoms with Gasteiger partial charge in [-0.3, -0.25) is 0 Å². The molecule has 0 aliphatic heterocycles. The molecule has 51 heavy (non-hydrogen) atoms. The molecular weight excluding hydrogens is 703 g/mol. The second-order valence-electron chi connectivity index (χ2n) is 11.0. The topological polar surface area (TPSA) is 118 Å². The van der Waals surface area contributed by atoms with Gasteiger partial charge in [-0.25, -0.2) is 29.3 Å². The molecule has 252 valence electrons. The summed E-state index contributed by atoms with van der Waals surface area (Å²) in [6.07, 6.45) is 5.29. The fraction of sp³-hybridized carbons (Fsp3) is 0.0769. The molecule has 12 heteroatoms. The summed E-state index contributed by atoms with van der Waals surface area (Å²) >= 11 is 4.48. The summed E-state index contributed by atoms with van der Waals surface area (Å²) in [6, 6.07) is 21.8. The number of ether oxygens (including phenoxy) is 3. The van der Waals surface area contributed by atoms with E-state index in [-0.39, 0.29) is 0 Å². The molecule has 0 saturated heterocycles. The van der Waals surface area contributed by atoms with Crippen LogP contribution in [0.2, 0.25) is 0 Å². The first kappa shape index (κ1) is 33.7. The normalized spacial score (nSPS) is 10.9. The molecule has 7 rings (SSSR count). The lowest BCUT2D eigenvalue weighted by molar-refractivity contribution is 0.0592. The van der Waals surface area contributed by atoms with E-state index >= 15 is 0 Å². The van der Waals surface area contributed by atoms with Crippen molar-refractivity contribution in [2.45, 2.75) is 0 Å². The number of carbonyl (C=O) groups excluding carboxylic acids is 3. The van der Waals surface area contributed by atoms with Gasteiger partial charge in [-0.1, -0.05) is 36.4 Å². The van der Waals surface area contributed by atoms with Gasteiger partial charge in [0, 0.05) is 68.1 Å². The van der Waals surface area contributed by atoms with E-state index in [2.05, 4.69) is 0 Å². The molecule has 9 nitrogen and oxygen atoms in total. The Labute approximate surface area is 304 Å². The van der Waals surface area contributed by atoms with Crippen LogP contribution in [0, 0.1) is 0 Å². The highest BCUT2D eigenvalue weighted by Gasteiger charge is 2.32. The fourth-order valence-corrected chi connectivity index (χ4v) is 8.05. The fourth-order valence-electron chi connectivity index (χ4n) is 5.97. The minimum atomic E-state index is -0.446. The van der Waals surface area contributed by atoms with E-state index in [0.717, 1.165) is 65.1 Å². The lowest BCUT2D eigenvalue weighted by Gasteiger charge is -2.26. The molecule has 0 saturated carbocycles. The third-order valence-electron chi connectivity index (χ3n) is 8.22. The third kappa shape index (κ3) is 6.36. The molecule has 0 radical (unpaired) electrons. The van der Waals surface area contributed by atoms with Crippen molar-refractivity contribution < 1.29 is 28.6 Å². The minimum Gasteiger partial charge on any atom is -0.465 e. The highest BCUT2D eigenvalue weighted by molar-refractivity contribution is 7.14. The van der Waals surface area contributed by atoms with Crippen LogP contribution in [-0.2, 0) is 14.2 Å². The first-order chi connectivity index (χ1) is 24.9. The van der Waals surface area contributed by atoms with Crippen LogP contribution in [0.3, 0.4) is 0 Å². The van der Waals surface area contributed by atoms with Crippen LogP contribution >= 0.6 is 34.0 Å². The van der Waals surface area contributed by atoms with Gasteiger partial charge in [-0.2, -0.15) is 0 Å². The van der Waals surface area contributed by atoms with Crippen LogP contribution in [0.25, 0.3) is 65.1 Å². The zero-order valence-electron chi connectivity index (χ0n) is 27.4. The summed E-state index contributed by atoms with van der Waals surface area (Å²) in [4.78, 5) is 52.1. The van der Waals surface area contributed by atoms with Crippen LogP contribution in [0.15, 0.2) is 108 Å². The maximum atomic E-state index is 12.5. The number of thiazole rings is 3. The van der Waals surface area contributed by atoms with E-state index in [1.807, 2.05) is 52.5 Å². The number of carbonyl (C=O) groups is 3. The number of benzene rings is 4. The van der Waals surface area contributed by atoms with Crippen molar-refractivity contribution in [3.63, 3.8) is 0 Å². The van der Waals surface area contributed by atoms with Crippen LogP contribution < -0.4 is 0 Å². The van der Waals surface area contributed by atoms with Crippen molar-refractivity contribution in [2.24, 2.45) is 0 Å². The van der Waals surface area contributed by atoms with Crippen molar-refractivity contribution >= 4 is 51.9 Å². The van der Waals surface area contributed by atoms with E-state index < -0.39 is 17.9 Å². The van der Waals surface area contributed by atoms with Crippen molar-refractivity contribution in [1.82, 2.24) is 15.0 Å².